The number of methoxy groups -OCH3 is 1. The number of nitrogens with zero attached hydrogens (tertiary/aromatic N) is 3. The average Bonchev–Trinajstić information content (AvgIpc) is 3.13. The third-order valence-corrected chi connectivity index (χ3v) is 3.18. The minimum Gasteiger partial charge on any atom is -0.490 e. The fourth-order valence-electron chi connectivity index (χ4n) is 2.11. The number of nitrogen functional groups attached to an aromatic ring is 1. The fraction of sp³-hybridized carbons (Fsp3) is 0.385. The molecule has 0 amide bonds. The lowest BCUT2D eigenvalue weighted by Gasteiger charge is -2.24. The quantitative estimate of drug-likeness (QED) is 0.883. The summed E-state index contributed by atoms with van der Waals surface area (Å²) >= 11 is 0. The van der Waals surface area contributed by atoms with Gasteiger partial charge in [0.05, 0.1) is 19.9 Å². The van der Waals surface area contributed by atoms with Gasteiger partial charge in [-0.1, -0.05) is 0 Å². The molecule has 0 aromatic carbocycles. The third kappa shape index (κ3) is 2.33. The highest BCUT2D eigenvalue weighted by Crippen LogP contribution is 2.38. The maximum atomic E-state index is 5.84. The van der Waals surface area contributed by atoms with E-state index in [4.69, 9.17) is 14.9 Å². The molecule has 1 aliphatic carbocycles. The van der Waals surface area contributed by atoms with Crippen molar-refractivity contribution >= 4 is 11.6 Å². The molecular weight excluding hydrogens is 244 g/mol. The molecule has 0 unspecified atom stereocenters. The molecule has 0 spiro atoms. The first kappa shape index (κ1) is 11.8. The highest BCUT2D eigenvalue weighted by molar-refractivity contribution is 5.63. The standard InChI is InChI=1S/C13H16N4O2/c1-18-11-12(14)15-8-16-13(11)17(9-4-5-9)7-10-3-2-6-19-10/h2-3,6,8-9H,4-5,7H2,1H3,(H2,14,15,16). The summed E-state index contributed by atoms with van der Waals surface area (Å²) in [6, 6.07) is 4.30. The van der Waals surface area contributed by atoms with E-state index >= 15 is 0 Å². The minimum atomic E-state index is 0.359. The predicted octanol–water partition coefficient (Wildman–Crippen LogP) is 1.83. The van der Waals surface area contributed by atoms with E-state index in [1.165, 1.54) is 6.33 Å². The zero-order valence-electron chi connectivity index (χ0n) is 10.7. The number of ether oxygens (including phenoxy) is 1. The summed E-state index contributed by atoms with van der Waals surface area (Å²) in [7, 11) is 1.58. The second-order valence-electron chi connectivity index (χ2n) is 4.55. The molecule has 6 nitrogen and oxygen atoms in total. The van der Waals surface area contributed by atoms with Crippen molar-refractivity contribution in [2.24, 2.45) is 0 Å². The van der Waals surface area contributed by atoms with Gasteiger partial charge in [0.15, 0.2) is 11.6 Å². The van der Waals surface area contributed by atoms with Gasteiger partial charge in [-0.3, -0.25) is 0 Å². The van der Waals surface area contributed by atoms with Crippen molar-refractivity contribution in [3.63, 3.8) is 0 Å². The predicted molar refractivity (Wildman–Crippen MR) is 70.9 cm³/mol. The molecule has 2 aromatic rings. The van der Waals surface area contributed by atoms with Crippen LogP contribution in [-0.4, -0.2) is 23.1 Å². The summed E-state index contributed by atoms with van der Waals surface area (Å²) < 4.78 is 10.7. The van der Waals surface area contributed by atoms with E-state index in [2.05, 4.69) is 14.9 Å². The zero-order chi connectivity index (χ0) is 13.2. The van der Waals surface area contributed by atoms with Gasteiger partial charge in [-0.05, 0) is 25.0 Å². The van der Waals surface area contributed by atoms with Gasteiger partial charge in [0.2, 0.25) is 5.75 Å². The summed E-state index contributed by atoms with van der Waals surface area (Å²) in [5, 5.41) is 0. The van der Waals surface area contributed by atoms with Crippen LogP contribution in [0.2, 0.25) is 0 Å². The highest BCUT2D eigenvalue weighted by atomic mass is 16.5. The molecular formula is C13H16N4O2. The van der Waals surface area contributed by atoms with Crippen molar-refractivity contribution in [3.05, 3.63) is 30.5 Å². The normalized spacial score (nSPS) is 14.4. The number of furan rings is 1. The van der Waals surface area contributed by atoms with Gasteiger partial charge in [0.1, 0.15) is 12.1 Å². The Morgan fingerprint density at radius 1 is 1.47 bits per heavy atom. The number of anilines is 2. The van der Waals surface area contributed by atoms with Crippen LogP contribution in [0.1, 0.15) is 18.6 Å². The van der Waals surface area contributed by atoms with E-state index in [1.807, 2.05) is 12.1 Å². The van der Waals surface area contributed by atoms with Crippen LogP contribution in [0.3, 0.4) is 0 Å². The first-order valence-corrected chi connectivity index (χ1v) is 6.23. The molecule has 1 saturated carbocycles. The minimum absolute atomic E-state index is 0.359. The van der Waals surface area contributed by atoms with Crippen LogP contribution >= 0.6 is 0 Å². The molecule has 19 heavy (non-hydrogen) atoms. The largest absolute Gasteiger partial charge is 0.490 e. The van der Waals surface area contributed by atoms with Gasteiger partial charge in [0.25, 0.3) is 0 Å². The van der Waals surface area contributed by atoms with Crippen molar-refractivity contribution in [3.8, 4) is 5.75 Å². The first-order chi connectivity index (χ1) is 9.29. The Morgan fingerprint density at radius 3 is 2.95 bits per heavy atom. The lowest BCUT2D eigenvalue weighted by Crippen LogP contribution is -2.26. The van der Waals surface area contributed by atoms with Crippen molar-refractivity contribution in [1.29, 1.82) is 0 Å². The Balaban J connectivity index is 1.94. The van der Waals surface area contributed by atoms with E-state index < -0.39 is 0 Å². The van der Waals surface area contributed by atoms with Crippen molar-refractivity contribution < 1.29 is 9.15 Å². The third-order valence-electron chi connectivity index (χ3n) is 3.18. The van der Waals surface area contributed by atoms with E-state index in [9.17, 15) is 0 Å². The van der Waals surface area contributed by atoms with Crippen molar-refractivity contribution in [2.45, 2.75) is 25.4 Å². The molecule has 0 saturated heterocycles. The number of aromatic nitrogens is 2. The summed E-state index contributed by atoms with van der Waals surface area (Å²) in [6.45, 7) is 0.657. The van der Waals surface area contributed by atoms with Gasteiger partial charge in [-0.15, -0.1) is 0 Å². The Labute approximate surface area is 111 Å². The van der Waals surface area contributed by atoms with Gasteiger partial charge in [-0.2, -0.15) is 0 Å². The van der Waals surface area contributed by atoms with Gasteiger partial charge >= 0.3 is 0 Å². The molecule has 2 heterocycles. The molecule has 2 N–H and O–H groups in total. The highest BCUT2D eigenvalue weighted by Gasteiger charge is 2.33. The number of rotatable bonds is 5. The smallest absolute Gasteiger partial charge is 0.204 e. The molecule has 2 aromatic heterocycles. The Hall–Kier alpha value is -2.24. The Bertz CT molecular complexity index is 552. The van der Waals surface area contributed by atoms with E-state index in [1.54, 1.807) is 13.4 Å². The maximum Gasteiger partial charge on any atom is 0.204 e. The zero-order valence-corrected chi connectivity index (χ0v) is 10.7. The molecule has 0 aliphatic heterocycles. The van der Waals surface area contributed by atoms with Gasteiger partial charge in [0, 0.05) is 6.04 Å². The molecule has 1 fully saturated rings. The molecule has 3 rings (SSSR count). The van der Waals surface area contributed by atoms with Crippen LogP contribution in [0, 0.1) is 0 Å². The average molecular weight is 260 g/mol. The topological polar surface area (TPSA) is 77.4 Å². The summed E-state index contributed by atoms with van der Waals surface area (Å²) in [4.78, 5) is 10.4. The van der Waals surface area contributed by atoms with Crippen LogP contribution in [-0.2, 0) is 6.54 Å². The van der Waals surface area contributed by atoms with E-state index in [0.29, 0.717) is 24.2 Å². The van der Waals surface area contributed by atoms with Crippen LogP contribution in [0.4, 0.5) is 11.6 Å². The Kier molecular flexibility index (Phi) is 2.98. The summed E-state index contributed by atoms with van der Waals surface area (Å²) in [5.41, 5.74) is 5.84. The number of nitrogens with two attached hydrogens (primary N) is 1. The molecule has 6 heteroatoms. The lowest BCUT2D eigenvalue weighted by molar-refractivity contribution is 0.411. The van der Waals surface area contributed by atoms with Crippen molar-refractivity contribution in [1.82, 2.24) is 9.97 Å². The van der Waals surface area contributed by atoms with Crippen LogP contribution < -0.4 is 15.4 Å². The molecule has 100 valence electrons. The number of hydrogen-bond donors (Lipinski definition) is 1. The maximum absolute atomic E-state index is 5.84. The molecule has 0 bridgehead atoms. The van der Waals surface area contributed by atoms with Crippen molar-refractivity contribution in [2.75, 3.05) is 17.7 Å². The second-order valence-corrected chi connectivity index (χ2v) is 4.55. The summed E-state index contributed by atoms with van der Waals surface area (Å²) in [6.07, 6.45) is 5.43. The number of hydrogen-bond acceptors (Lipinski definition) is 6. The van der Waals surface area contributed by atoms with Gasteiger partial charge in [-0.25, -0.2) is 9.97 Å². The first-order valence-electron chi connectivity index (χ1n) is 6.23. The Morgan fingerprint density at radius 2 is 2.32 bits per heavy atom. The molecule has 0 atom stereocenters. The van der Waals surface area contributed by atoms with Crippen LogP contribution in [0.25, 0.3) is 0 Å². The monoisotopic (exact) mass is 260 g/mol. The van der Waals surface area contributed by atoms with Crippen LogP contribution in [0.5, 0.6) is 5.75 Å². The van der Waals surface area contributed by atoms with E-state index in [-0.39, 0.29) is 0 Å². The fourth-order valence-corrected chi connectivity index (χ4v) is 2.11. The SMILES string of the molecule is COc1c(N)ncnc1N(Cc1ccco1)C1CC1. The lowest BCUT2D eigenvalue weighted by atomic mass is 10.3. The summed E-state index contributed by atoms with van der Waals surface area (Å²) in [5.74, 6) is 2.51. The second kappa shape index (κ2) is 4.79. The van der Waals surface area contributed by atoms with Crippen LogP contribution in [0.15, 0.2) is 29.1 Å². The molecule has 1 aliphatic rings. The molecule has 0 radical (unpaired) electrons. The van der Waals surface area contributed by atoms with E-state index in [0.717, 1.165) is 24.4 Å². The van der Waals surface area contributed by atoms with Gasteiger partial charge < -0.3 is 19.8 Å².